The van der Waals surface area contributed by atoms with E-state index in [2.05, 4.69) is 0 Å². The molecule has 0 aliphatic rings. The van der Waals surface area contributed by atoms with E-state index in [1.165, 1.54) is 0 Å². The second-order valence-corrected chi connectivity index (χ2v) is 2.34. The molecule has 0 atom stereocenters. The van der Waals surface area contributed by atoms with Crippen molar-refractivity contribution in [3.63, 3.8) is 0 Å². The van der Waals surface area contributed by atoms with Crippen molar-refractivity contribution in [2.45, 2.75) is 13.3 Å². The molecule has 0 unspecified atom stereocenters. The van der Waals surface area contributed by atoms with Crippen LogP contribution in [0.2, 0.25) is 0 Å². The number of aryl methyl sites for hydroxylation is 1. The molecule has 12 heavy (non-hydrogen) atoms. The topological polar surface area (TPSA) is 9.23 Å². The summed E-state index contributed by atoms with van der Waals surface area (Å²) in [4.78, 5) is 0. The van der Waals surface area contributed by atoms with Crippen LogP contribution >= 0.6 is 0 Å². The van der Waals surface area contributed by atoms with Gasteiger partial charge in [-0.05, 0) is 18.1 Å². The molecular weight excluding hydrogens is 155 g/mol. The molecule has 64 valence electrons. The average Bonchev–Trinajstić information content (AvgIpc) is 2.15. The second kappa shape index (κ2) is 4.54. The minimum absolute atomic E-state index is 0.381. The first-order valence-electron chi connectivity index (χ1n) is 3.88. The van der Waals surface area contributed by atoms with Crippen molar-refractivity contribution in [1.29, 1.82) is 0 Å². The number of ether oxygens (including phenoxy) is 1. The maximum Gasteiger partial charge on any atom is 0.129 e. The number of benzene rings is 1. The van der Waals surface area contributed by atoms with Crippen molar-refractivity contribution in [3.8, 4) is 5.75 Å². The quantitative estimate of drug-likeness (QED) is 0.627. The van der Waals surface area contributed by atoms with Gasteiger partial charge in [-0.3, -0.25) is 0 Å². The molecule has 2 heteroatoms. The Bertz CT molecular complexity index is 268. The van der Waals surface area contributed by atoms with Crippen LogP contribution in [-0.2, 0) is 6.42 Å². The third kappa shape index (κ3) is 2.09. The van der Waals surface area contributed by atoms with Crippen LogP contribution in [0, 0.1) is 0 Å². The van der Waals surface area contributed by atoms with Gasteiger partial charge in [-0.15, -0.1) is 0 Å². The highest BCUT2D eigenvalue weighted by Gasteiger charge is 1.97. The van der Waals surface area contributed by atoms with Gasteiger partial charge in [0.15, 0.2) is 0 Å². The summed E-state index contributed by atoms with van der Waals surface area (Å²) in [5, 5.41) is 0. The summed E-state index contributed by atoms with van der Waals surface area (Å²) in [5.74, 6) is 0.717. The number of hydrogen-bond donors (Lipinski definition) is 0. The highest BCUT2D eigenvalue weighted by Crippen LogP contribution is 2.18. The third-order valence-electron chi connectivity index (χ3n) is 1.60. The van der Waals surface area contributed by atoms with Crippen molar-refractivity contribution in [2.75, 3.05) is 0 Å². The fourth-order valence-electron chi connectivity index (χ4n) is 1.01. The molecule has 1 aromatic carbocycles. The Kier molecular flexibility index (Phi) is 3.33. The Labute approximate surface area is 71.5 Å². The Morgan fingerprint density at radius 2 is 2.17 bits per heavy atom. The van der Waals surface area contributed by atoms with E-state index in [4.69, 9.17) is 4.74 Å². The third-order valence-corrected chi connectivity index (χ3v) is 1.60. The summed E-state index contributed by atoms with van der Waals surface area (Å²) in [6.45, 7) is 2.03. The van der Waals surface area contributed by atoms with Crippen molar-refractivity contribution >= 4 is 0 Å². The highest BCUT2D eigenvalue weighted by molar-refractivity contribution is 5.33. The smallest absolute Gasteiger partial charge is 0.129 e. The highest BCUT2D eigenvalue weighted by atomic mass is 19.1. The maximum absolute atomic E-state index is 11.6. The first-order valence-corrected chi connectivity index (χ1v) is 3.88. The van der Waals surface area contributed by atoms with Gasteiger partial charge < -0.3 is 4.74 Å². The van der Waals surface area contributed by atoms with E-state index in [0.29, 0.717) is 12.1 Å². The van der Waals surface area contributed by atoms with E-state index < -0.39 is 0 Å². The molecule has 0 fully saturated rings. The van der Waals surface area contributed by atoms with Gasteiger partial charge in [0.2, 0.25) is 0 Å². The second-order valence-electron chi connectivity index (χ2n) is 2.34. The minimum atomic E-state index is 0.381. The summed E-state index contributed by atoms with van der Waals surface area (Å²) in [6.07, 6.45) is 2.30. The van der Waals surface area contributed by atoms with Crippen LogP contribution in [0.3, 0.4) is 0 Å². The van der Waals surface area contributed by atoms with E-state index in [1.807, 2.05) is 31.2 Å². The molecule has 1 aromatic rings. The van der Waals surface area contributed by atoms with E-state index in [0.717, 1.165) is 18.2 Å². The van der Waals surface area contributed by atoms with Gasteiger partial charge in [0.1, 0.15) is 18.3 Å². The monoisotopic (exact) mass is 166 g/mol. The molecule has 0 radical (unpaired) electrons. The molecule has 0 aromatic heterocycles. The molecule has 0 saturated heterocycles. The Morgan fingerprint density at radius 3 is 2.83 bits per heavy atom. The number of halogens is 1. The first-order chi connectivity index (χ1) is 5.88. The molecule has 0 aliphatic heterocycles. The molecule has 0 N–H and O–H groups in total. The van der Waals surface area contributed by atoms with Crippen LogP contribution in [0.4, 0.5) is 4.39 Å². The predicted octanol–water partition coefficient (Wildman–Crippen LogP) is 3.07. The SMILES string of the molecule is CCc1ccccc1OC=CF. The molecule has 0 saturated carbocycles. The van der Waals surface area contributed by atoms with E-state index in [1.54, 1.807) is 0 Å². The maximum atomic E-state index is 11.6. The van der Waals surface area contributed by atoms with Crippen molar-refractivity contribution in [2.24, 2.45) is 0 Å². The van der Waals surface area contributed by atoms with Gasteiger partial charge in [-0.2, -0.15) is 0 Å². The Balaban J connectivity index is 2.81. The zero-order chi connectivity index (χ0) is 8.81. The van der Waals surface area contributed by atoms with Crippen LogP contribution in [0.25, 0.3) is 0 Å². The van der Waals surface area contributed by atoms with Gasteiger partial charge in [0, 0.05) is 0 Å². The lowest BCUT2D eigenvalue weighted by Gasteiger charge is -2.04. The van der Waals surface area contributed by atoms with Crippen molar-refractivity contribution in [1.82, 2.24) is 0 Å². The predicted molar refractivity (Wildman–Crippen MR) is 46.7 cm³/mol. The lowest BCUT2D eigenvalue weighted by Crippen LogP contribution is -1.87. The van der Waals surface area contributed by atoms with Crippen LogP contribution in [-0.4, -0.2) is 0 Å². The van der Waals surface area contributed by atoms with E-state index in [9.17, 15) is 4.39 Å². The largest absolute Gasteiger partial charge is 0.462 e. The zero-order valence-corrected chi connectivity index (χ0v) is 6.96. The Hall–Kier alpha value is -1.31. The van der Waals surface area contributed by atoms with Crippen molar-refractivity contribution < 1.29 is 9.13 Å². The van der Waals surface area contributed by atoms with Gasteiger partial charge in [-0.25, -0.2) is 4.39 Å². The van der Waals surface area contributed by atoms with Crippen LogP contribution in [0.1, 0.15) is 12.5 Å². The number of rotatable bonds is 3. The van der Waals surface area contributed by atoms with Gasteiger partial charge in [0.05, 0.1) is 0 Å². The normalized spacial score (nSPS) is 10.5. The lowest BCUT2D eigenvalue weighted by molar-refractivity contribution is 0.461. The van der Waals surface area contributed by atoms with Gasteiger partial charge in [-0.1, -0.05) is 25.1 Å². The lowest BCUT2D eigenvalue weighted by atomic mass is 10.1. The summed E-state index contributed by atoms with van der Waals surface area (Å²) in [7, 11) is 0. The fraction of sp³-hybridized carbons (Fsp3) is 0.200. The van der Waals surface area contributed by atoms with Gasteiger partial charge in [0.25, 0.3) is 0 Å². The summed E-state index contributed by atoms with van der Waals surface area (Å²) >= 11 is 0. The van der Waals surface area contributed by atoms with E-state index >= 15 is 0 Å². The molecule has 0 spiro atoms. The molecule has 1 nitrogen and oxygen atoms in total. The molecule has 0 aliphatic carbocycles. The average molecular weight is 166 g/mol. The van der Waals surface area contributed by atoms with Crippen LogP contribution < -0.4 is 4.74 Å². The fourth-order valence-corrected chi connectivity index (χ4v) is 1.01. The Morgan fingerprint density at radius 1 is 1.42 bits per heavy atom. The molecular formula is C10H11FO. The summed E-state index contributed by atoms with van der Waals surface area (Å²) in [6, 6.07) is 7.58. The van der Waals surface area contributed by atoms with Crippen molar-refractivity contribution in [3.05, 3.63) is 42.4 Å². The van der Waals surface area contributed by atoms with Gasteiger partial charge >= 0.3 is 0 Å². The van der Waals surface area contributed by atoms with Crippen LogP contribution in [0.5, 0.6) is 5.75 Å². The number of hydrogen-bond acceptors (Lipinski definition) is 1. The molecule has 0 bridgehead atoms. The number of para-hydroxylation sites is 1. The minimum Gasteiger partial charge on any atom is -0.462 e. The van der Waals surface area contributed by atoms with Crippen LogP contribution in [0.15, 0.2) is 36.9 Å². The standard InChI is InChI=1S/C10H11FO/c1-2-9-5-3-4-6-10(9)12-8-7-11/h3-8H,2H2,1H3. The first kappa shape index (κ1) is 8.78. The molecule has 1 rings (SSSR count). The summed E-state index contributed by atoms with van der Waals surface area (Å²) in [5.41, 5.74) is 1.08. The van der Waals surface area contributed by atoms with E-state index in [-0.39, 0.29) is 0 Å². The zero-order valence-electron chi connectivity index (χ0n) is 6.96. The molecule has 0 heterocycles. The summed E-state index contributed by atoms with van der Waals surface area (Å²) < 4.78 is 16.6. The molecule has 0 amide bonds.